The number of amides is 1. The summed E-state index contributed by atoms with van der Waals surface area (Å²) in [7, 11) is 0. The summed E-state index contributed by atoms with van der Waals surface area (Å²) in [4.78, 5) is 33.2. The third-order valence-corrected chi connectivity index (χ3v) is 2.88. The van der Waals surface area contributed by atoms with E-state index in [9.17, 15) is 14.4 Å². The maximum atomic E-state index is 11.5. The highest BCUT2D eigenvalue weighted by atomic mass is 16.6. The number of benzene rings is 1. The van der Waals surface area contributed by atoms with Gasteiger partial charge in [-0.1, -0.05) is 30.3 Å². The predicted molar refractivity (Wildman–Crippen MR) is 89.3 cm³/mol. The van der Waals surface area contributed by atoms with Crippen molar-refractivity contribution >= 4 is 17.8 Å². The van der Waals surface area contributed by atoms with Crippen LogP contribution >= 0.6 is 0 Å². The van der Waals surface area contributed by atoms with E-state index in [4.69, 9.17) is 24.1 Å². The van der Waals surface area contributed by atoms with Crippen molar-refractivity contribution in [1.82, 2.24) is 5.32 Å². The van der Waals surface area contributed by atoms with Gasteiger partial charge in [-0.3, -0.25) is 9.59 Å². The Morgan fingerprint density at radius 2 is 1.50 bits per heavy atom. The Morgan fingerprint density at radius 1 is 0.885 bits per heavy atom. The van der Waals surface area contributed by atoms with Crippen LogP contribution in [0.4, 0.5) is 0 Å². The maximum absolute atomic E-state index is 11.5. The largest absolute Gasteiger partial charge is 0.480 e. The molecule has 0 aromatic heterocycles. The Kier molecular flexibility index (Phi) is 11.4. The summed E-state index contributed by atoms with van der Waals surface area (Å²) in [5.74, 6) is -2.01. The van der Waals surface area contributed by atoms with Gasteiger partial charge in [0.1, 0.15) is 26.4 Å². The van der Waals surface area contributed by atoms with E-state index in [1.54, 1.807) is 0 Å². The van der Waals surface area contributed by atoms with Gasteiger partial charge < -0.3 is 29.4 Å². The third kappa shape index (κ3) is 12.0. The molecule has 9 heteroatoms. The number of ether oxygens (including phenoxy) is 4. The molecule has 9 nitrogen and oxygen atoms in total. The standard InChI is InChI=1S/C17H23NO8/c19-15(12-24-8-6-23-7-9-25-13-16(20)21)18-10-17(22)26-11-14-4-2-1-3-5-14/h1-5H,6-13H2,(H,18,19)(H,20,21). The van der Waals surface area contributed by atoms with Crippen LogP contribution in [0, 0.1) is 0 Å². The summed E-state index contributed by atoms with van der Waals surface area (Å²) in [6.45, 7) is 0.173. The van der Waals surface area contributed by atoms with Crippen molar-refractivity contribution in [3.05, 3.63) is 35.9 Å². The monoisotopic (exact) mass is 369 g/mol. The van der Waals surface area contributed by atoms with Gasteiger partial charge >= 0.3 is 11.9 Å². The van der Waals surface area contributed by atoms with E-state index in [-0.39, 0.29) is 52.8 Å². The summed E-state index contributed by atoms with van der Waals surface area (Å²) in [5, 5.41) is 10.7. The second-order valence-electron chi connectivity index (χ2n) is 5.03. The number of esters is 1. The first kappa shape index (κ1) is 21.6. The Labute approximate surface area is 151 Å². The maximum Gasteiger partial charge on any atom is 0.329 e. The lowest BCUT2D eigenvalue weighted by Gasteiger charge is -2.08. The zero-order valence-electron chi connectivity index (χ0n) is 14.3. The molecule has 0 saturated carbocycles. The molecule has 0 heterocycles. The fraction of sp³-hybridized carbons (Fsp3) is 0.471. The lowest BCUT2D eigenvalue weighted by molar-refractivity contribution is -0.145. The number of carbonyl (C=O) groups is 3. The number of hydrogen-bond donors (Lipinski definition) is 2. The van der Waals surface area contributed by atoms with E-state index in [0.29, 0.717) is 0 Å². The highest BCUT2D eigenvalue weighted by Gasteiger charge is 2.07. The average molecular weight is 369 g/mol. The van der Waals surface area contributed by atoms with Crippen molar-refractivity contribution in [2.75, 3.05) is 46.2 Å². The zero-order valence-corrected chi connectivity index (χ0v) is 14.3. The van der Waals surface area contributed by atoms with Crippen LogP contribution in [0.25, 0.3) is 0 Å². The van der Waals surface area contributed by atoms with Crippen LogP contribution in [0.2, 0.25) is 0 Å². The number of carboxylic acids is 1. The predicted octanol–water partition coefficient (Wildman–Crippen LogP) is -0.0196. The molecule has 0 bridgehead atoms. The molecule has 26 heavy (non-hydrogen) atoms. The number of rotatable bonds is 14. The smallest absolute Gasteiger partial charge is 0.329 e. The minimum Gasteiger partial charge on any atom is -0.480 e. The lowest BCUT2D eigenvalue weighted by atomic mass is 10.2. The van der Waals surface area contributed by atoms with Crippen LogP contribution in [0.15, 0.2) is 30.3 Å². The van der Waals surface area contributed by atoms with E-state index >= 15 is 0 Å². The van der Waals surface area contributed by atoms with Crippen LogP contribution in [0.1, 0.15) is 5.56 Å². The zero-order chi connectivity index (χ0) is 19.0. The summed E-state index contributed by atoms with van der Waals surface area (Å²) >= 11 is 0. The van der Waals surface area contributed by atoms with Gasteiger partial charge in [0.2, 0.25) is 5.91 Å². The number of nitrogens with one attached hydrogen (secondary N) is 1. The van der Waals surface area contributed by atoms with E-state index in [1.807, 2.05) is 30.3 Å². The average Bonchev–Trinajstić information content (AvgIpc) is 2.64. The summed E-state index contributed by atoms with van der Waals surface area (Å²) in [6, 6.07) is 9.22. The normalized spacial score (nSPS) is 10.3. The molecule has 0 fully saturated rings. The third-order valence-electron chi connectivity index (χ3n) is 2.88. The van der Waals surface area contributed by atoms with Crippen molar-refractivity contribution in [2.45, 2.75) is 6.61 Å². The van der Waals surface area contributed by atoms with Gasteiger partial charge in [-0.15, -0.1) is 0 Å². The molecule has 0 saturated heterocycles. The molecule has 0 radical (unpaired) electrons. The van der Waals surface area contributed by atoms with Gasteiger partial charge in [0.25, 0.3) is 0 Å². The SMILES string of the molecule is O=C(O)COCCOCCOCC(=O)NCC(=O)OCc1ccccc1. The highest BCUT2D eigenvalue weighted by molar-refractivity contribution is 5.82. The van der Waals surface area contributed by atoms with Crippen LogP contribution in [-0.4, -0.2) is 69.1 Å². The van der Waals surface area contributed by atoms with Crippen molar-refractivity contribution in [1.29, 1.82) is 0 Å². The summed E-state index contributed by atoms with van der Waals surface area (Å²) in [5.41, 5.74) is 0.865. The molecular formula is C17H23NO8. The molecule has 2 N–H and O–H groups in total. The molecule has 1 amide bonds. The van der Waals surface area contributed by atoms with E-state index in [2.05, 4.69) is 5.32 Å². The molecule has 0 atom stereocenters. The molecule has 0 aliphatic heterocycles. The van der Waals surface area contributed by atoms with Gasteiger partial charge in [-0.2, -0.15) is 0 Å². The molecule has 0 spiro atoms. The van der Waals surface area contributed by atoms with Crippen molar-refractivity contribution in [3.8, 4) is 0 Å². The van der Waals surface area contributed by atoms with Crippen LogP contribution in [0.3, 0.4) is 0 Å². The molecule has 144 valence electrons. The first-order valence-corrected chi connectivity index (χ1v) is 7.99. The van der Waals surface area contributed by atoms with Gasteiger partial charge in [-0.05, 0) is 5.56 Å². The van der Waals surface area contributed by atoms with Crippen LogP contribution in [-0.2, 0) is 39.9 Å². The minimum absolute atomic E-state index is 0.152. The van der Waals surface area contributed by atoms with Crippen molar-refractivity contribution < 1.29 is 38.4 Å². The number of hydrogen-bond acceptors (Lipinski definition) is 7. The molecule has 1 rings (SSSR count). The molecule has 0 unspecified atom stereocenters. The number of aliphatic carboxylic acids is 1. The molecule has 1 aromatic carbocycles. The van der Waals surface area contributed by atoms with Gasteiger partial charge in [0, 0.05) is 0 Å². The Hall–Kier alpha value is -2.49. The highest BCUT2D eigenvalue weighted by Crippen LogP contribution is 2.00. The van der Waals surface area contributed by atoms with Gasteiger partial charge in [-0.25, -0.2) is 4.79 Å². The summed E-state index contributed by atoms with van der Waals surface area (Å²) < 4.78 is 20.0. The van der Waals surface area contributed by atoms with Gasteiger partial charge in [0.15, 0.2) is 0 Å². The molecule has 0 aliphatic carbocycles. The van der Waals surface area contributed by atoms with E-state index in [0.717, 1.165) is 5.56 Å². The first-order valence-electron chi connectivity index (χ1n) is 7.99. The van der Waals surface area contributed by atoms with Crippen LogP contribution < -0.4 is 5.32 Å². The summed E-state index contributed by atoms with van der Waals surface area (Å²) in [6.07, 6.45) is 0. The fourth-order valence-electron chi connectivity index (χ4n) is 1.67. The Balaban J connectivity index is 1.93. The second-order valence-corrected chi connectivity index (χ2v) is 5.03. The molecule has 0 aliphatic rings. The minimum atomic E-state index is -1.04. The Bertz CT molecular complexity index is 549. The quantitative estimate of drug-likeness (QED) is 0.347. The topological polar surface area (TPSA) is 120 Å². The molecular weight excluding hydrogens is 346 g/mol. The number of carbonyl (C=O) groups excluding carboxylic acids is 2. The van der Waals surface area contributed by atoms with Crippen LogP contribution in [0.5, 0.6) is 0 Å². The van der Waals surface area contributed by atoms with E-state index in [1.165, 1.54) is 0 Å². The fourth-order valence-corrected chi connectivity index (χ4v) is 1.67. The van der Waals surface area contributed by atoms with Crippen molar-refractivity contribution in [3.63, 3.8) is 0 Å². The Morgan fingerprint density at radius 3 is 2.15 bits per heavy atom. The first-order chi connectivity index (χ1) is 12.6. The lowest BCUT2D eigenvalue weighted by Crippen LogP contribution is -2.33. The van der Waals surface area contributed by atoms with Gasteiger partial charge in [0.05, 0.1) is 26.4 Å². The number of carboxylic acid groups (broad SMARTS) is 1. The van der Waals surface area contributed by atoms with Crippen molar-refractivity contribution in [2.24, 2.45) is 0 Å². The van der Waals surface area contributed by atoms with E-state index < -0.39 is 17.8 Å². The second kappa shape index (κ2) is 13.8. The molecule has 1 aromatic rings.